The molecule has 24 heavy (non-hydrogen) atoms. The van der Waals surface area contributed by atoms with E-state index in [1.807, 2.05) is 5.32 Å². The zero-order valence-electron chi connectivity index (χ0n) is 12.4. The van der Waals surface area contributed by atoms with Crippen LogP contribution in [0.1, 0.15) is 6.92 Å². The summed E-state index contributed by atoms with van der Waals surface area (Å²) in [5, 5.41) is 2.04. The molecule has 1 N–H and O–H groups in total. The second-order valence-corrected chi connectivity index (χ2v) is 4.86. The topological polar surface area (TPSA) is 49.4 Å². The normalized spacial score (nSPS) is 10.4. The van der Waals surface area contributed by atoms with Gasteiger partial charge in [-0.2, -0.15) is 0 Å². The number of nitrogens with one attached hydrogen (secondary N) is 1. The fraction of sp³-hybridized carbons (Fsp3) is 0.125. The Bertz CT molecular complexity index is 796. The number of carbonyl (C=O) groups excluding carboxylic acids is 2. The Morgan fingerprint density at radius 3 is 2.38 bits per heavy atom. The van der Waals surface area contributed by atoms with E-state index < -0.39 is 47.3 Å². The average molecular weight is 340 g/mol. The van der Waals surface area contributed by atoms with Crippen molar-refractivity contribution in [3.05, 3.63) is 59.7 Å². The molecule has 2 rings (SSSR count). The Kier molecular flexibility index (Phi) is 5.18. The van der Waals surface area contributed by atoms with Crippen LogP contribution in [-0.2, 0) is 9.59 Å². The van der Waals surface area contributed by atoms with Crippen LogP contribution in [0.2, 0.25) is 0 Å². The highest BCUT2D eigenvalue weighted by Gasteiger charge is 2.19. The number of hydrogen-bond acceptors (Lipinski definition) is 2. The summed E-state index contributed by atoms with van der Waals surface area (Å²) < 4.78 is 52.8. The van der Waals surface area contributed by atoms with Crippen molar-refractivity contribution in [2.45, 2.75) is 6.92 Å². The lowest BCUT2D eigenvalue weighted by molar-refractivity contribution is -0.120. The zero-order chi connectivity index (χ0) is 17.9. The number of halogens is 4. The molecule has 0 saturated heterocycles. The first-order valence-corrected chi connectivity index (χ1v) is 6.76. The van der Waals surface area contributed by atoms with Crippen LogP contribution in [0.5, 0.6) is 0 Å². The molecule has 0 aromatic heterocycles. The molecule has 2 aromatic rings. The molecule has 0 saturated carbocycles. The second-order valence-electron chi connectivity index (χ2n) is 4.86. The largest absolute Gasteiger partial charge is 0.322 e. The van der Waals surface area contributed by atoms with E-state index in [1.165, 1.54) is 18.2 Å². The van der Waals surface area contributed by atoms with E-state index in [0.29, 0.717) is 6.07 Å². The Morgan fingerprint density at radius 1 is 1.04 bits per heavy atom. The summed E-state index contributed by atoms with van der Waals surface area (Å²) in [6, 6.07) is 6.49. The van der Waals surface area contributed by atoms with Crippen molar-refractivity contribution in [1.82, 2.24) is 0 Å². The molecule has 0 fully saturated rings. The molecule has 0 bridgehead atoms. The van der Waals surface area contributed by atoms with E-state index in [9.17, 15) is 27.2 Å². The molecular formula is C16H12F4N2O2. The first kappa shape index (κ1) is 17.5. The van der Waals surface area contributed by atoms with E-state index in [-0.39, 0.29) is 5.69 Å². The minimum Gasteiger partial charge on any atom is -0.322 e. The zero-order valence-corrected chi connectivity index (χ0v) is 12.4. The Morgan fingerprint density at radius 2 is 1.75 bits per heavy atom. The van der Waals surface area contributed by atoms with Gasteiger partial charge in [0.2, 0.25) is 11.8 Å². The summed E-state index contributed by atoms with van der Waals surface area (Å²) in [5.74, 6) is -6.69. The lowest BCUT2D eigenvalue weighted by Gasteiger charge is -2.20. The standard InChI is InChI=1S/C16H12F4N2O2/c1-9(23)22(11-4-2-3-10(17)7-11)8-14(24)21-13-6-5-12(18)15(19)16(13)20/h2-7H,8H2,1H3,(H,21,24). The monoisotopic (exact) mass is 340 g/mol. The van der Waals surface area contributed by atoms with Crippen LogP contribution in [0.25, 0.3) is 0 Å². The Labute approximate surface area is 134 Å². The fourth-order valence-electron chi connectivity index (χ4n) is 1.98. The van der Waals surface area contributed by atoms with Gasteiger partial charge in [0.15, 0.2) is 17.5 Å². The highest BCUT2D eigenvalue weighted by atomic mass is 19.2. The number of nitrogens with zero attached hydrogens (tertiary/aromatic N) is 1. The summed E-state index contributed by atoms with van der Waals surface area (Å²) in [6.07, 6.45) is 0. The molecule has 0 spiro atoms. The van der Waals surface area contributed by atoms with Crippen molar-refractivity contribution in [2.24, 2.45) is 0 Å². The first-order valence-electron chi connectivity index (χ1n) is 6.76. The van der Waals surface area contributed by atoms with Crippen molar-refractivity contribution >= 4 is 23.2 Å². The highest BCUT2D eigenvalue weighted by molar-refractivity contribution is 6.01. The number of anilines is 2. The molecule has 0 unspecified atom stereocenters. The third-order valence-electron chi connectivity index (χ3n) is 3.11. The highest BCUT2D eigenvalue weighted by Crippen LogP contribution is 2.20. The van der Waals surface area contributed by atoms with Crippen molar-refractivity contribution in [1.29, 1.82) is 0 Å². The summed E-state index contributed by atoms with van der Waals surface area (Å²) in [7, 11) is 0. The van der Waals surface area contributed by atoms with Crippen LogP contribution < -0.4 is 10.2 Å². The van der Waals surface area contributed by atoms with E-state index >= 15 is 0 Å². The molecule has 0 heterocycles. The van der Waals surface area contributed by atoms with Gasteiger partial charge in [-0.05, 0) is 30.3 Å². The molecule has 0 atom stereocenters. The number of carbonyl (C=O) groups is 2. The number of amides is 2. The van der Waals surface area contributed by atoms with Gasteiger partial charge in [0.05, 0.1) is 5.69 Å². The Hall–Kier alpha value is -2.90. The smallest absolute Gasteiger partial charge is 0.244 e. The van der Waals surface area contributed by atoms with Crippen LogP contribution in [0.4, 0.5) is 28.9 Å². The molecule has 0 aliphatic heterocycles. The molecule has 0 aliphatic rings. The van der Waals surface area contributed by atoms with E-state index in [2.05, 4.69) is 0 Å². The average Bonchev–Trinajstić information content (AvgIpc) is 2.53. The third-order valence-corrected chi connectivity index (χ3v) is 3.11. The first-order chi connectivity index (χ1) is 11.3. The predicted molar refractivity (Wildman–Crippen MR) is 79.4 cm³/mol. The van der Waals surface area contributed by atoms with Crippen LogP contribution in [0, 0.1) is 23.3 Å². The summed E-state index contributed by atoms with van der Waals surface area (Å²) in [4.78, 5) is 24.6. The lowest BCUT2D eigenvalue weighted by atomic mass is 10.2. The van der Waals surface area contributed by atoms with Gasteiger partial charge in [-0.15, -0.1) is 0 Å². The Balaban J connectivity index is 2.18. The molecule has 0 aliphatic carbocycles. The molecule has 0 radical (unpaired) electrons. The van der Waals surface area contributed by atoms with Crippen molar-refractivity contribution in [2.75, 3.05) is 16.8 Å². The van der Waals surface area contributed by atoms with E-state index in [1.54, 1.807) is 0 Å². The van der Waals surface area contributed by atoms with Gasteiger partial charge in [-0.1, -0.05) is 6.07 Å². The van der Waals surface area contributed by atoms with E-state index in [4.69, 9.17) is 0 Å². The maximum atomic E-state index is 13.5. The van der Waals surface area contributed by atoms with Gasteiger partial charge < -0.3 is 10.2 Å². The second kappa shape index (κ2) is 7.12. The minimum atomic E-state index is -1.72. The van der Waals surface area contributed by atoms with Crippen LogP contribution in [0.3, 0.4) is 0 Å². The predicted octanol–water partition coefficient (Wildman–Crippen LogP) is 3.23. The molecule has 2 aromatic carbocycles. The quantitative estimate of drug-likeness (QED) is 0.686. The molecule has 126 valence electrons. The van der Waals surface area contributed by atoms with Crippen LogP contribution >= 0.6 is 0 Å². The third kappa shape index (κ3) is 3.89. The van der Waals surface area contributed by atoms with Crippen molar-refractivity contribution < 1.29 is 27.2 Å². The lowest BCUT2D eigenvalue weighted by Crippen LogP contribution is -2.36. The molecule has 2 amide bonds. The summed E-state index contributed by atoms with van der Waals surface area (Å²) in [5.41, 5.74) is -0.440. The number of benzene rings is 2. The molecule has 8 heteroatoms. The van der Waals surface area contributed by atoms with Crippen LogP contribution in [0.15, 0.2) is 36.4 Å². The summed E-state index contributed by atoms with van der Waals surface area (Å²) >= 11 is 0. The molecular weight excluding hydrogens is 328 g/mol. The number of rotatable bonds is 4. The van der Waals surface area contributed by atoms with Gasteiger partial charge in [0, 0.05) is 12.6 Å². The van der Waals surface area contributed by atoms with Gasteiger partial charge in [-0.3, -0.25) is 9.59 Å². The maximum absolute atomic E-state index is 13.5. The van der Waals surface area contributed by atoms with E-state index in [0.717, 1.165) is 24.0 Å². The minimum absolute atomic E-state index is 0.128. The van der Waals surface area contributed by atoms with Gasteiger partial charge in [0.25, 0.3) is 0 Å². The maximum Gasteiger partial charge on any atom is 0.244 e. The molecule has 4 nitrogen and oxygen atoms in total. The van der Waals surface area contributed by atoms with Gasteiger partial charge in [-0.25, -0.2) is 17.6 Å². The SMILES string of the molecule is CC(=O)N(CC(=O)Nc1ccc(F)c(F)c1F)c1cccc(F)c1. The summed E-state index contributed by atoms with van der Waals surface area (Å²) in [6.45, 7) is 0.605. The van der Waals surface area contributed by atoms with Gasteiger partial charge >= 0.3 is 0 Å². The van der Waals surface area contributed by atoms with Crippen molar-refractivity contribution in [3.8, 4) is 0 Å². The fourth-order valence-corrected chi connectivity index (χ4v) is 1.98. The van der Waals surface area contributed by atoms with Crippen molar-refractivity contribution in [3.63, 3.8) is 0 Å². The van der Waals surface area contributed by atoms with Gasteiger partial charge in [0.1, 0.15) is 12.4 Å². The van der Waals surface area contributed by atoms with Crippen LogP contribution in [-0.4, -0.2) is 18.4 Å². The number of hydrogen-bond donors (Lipinski definition) is 1.